The predicted molar refractivity (Wildman–Crippen MR) is 84.0 cm³/mol. The topological polar surface area (TPSA) is 78.0 Å². The molecule has 0 radical (unpaired) electrons. The van der Waals surface area contributed by atoms with Gasteiger partial charge in [0.25, 0.3) is 0 Å². The molecule has 1 heterocycles. The fourth-order valence-electron chi connectivity index (χ4n) is 2.23. The summed E-state index contributed by atoms with van der Waals surface area (Å²) in [6.07, 6.45) is 2.46. The highest BCUT2D eigenvalue weighted by Crippen LogP contribution is 2.45. The maximum absolute atomic E-state index is 13.8. The first-order valence-electron chi connectivity index (χ1n) is 6.53. The molecule has 3 aromatic rings. The van der Waals surface area contributed by atoms with Crippen molar-refractivity contribution in [3.05, 3.63) is 83.3 Å². The molecule has 3 rings (SSSR count). The zero-order valence-corrected chi connectivity index (χ0v) is 12.3. The lowest BCUT2D eigenvalue weighted by Crippen LogP contribution is -2.20. The summed E-state index contributed by atoms with van der Waals surface area (Å²) in [7, 11) is -3.25. The van der Waals surface area contributed by atoms with E-state index in [0.29, 0.717) is 10.6 Å². The van der Waals surface area contributed by atoms with Gasteiger partial charge in [0.1, 0.15) is 6.20 Å². The molecule has 0 atom stereocenters. The van der Waals surface area contributed by atoms with Gasteiger partial charge in [-0.25, -0.2) is 0 Å². The van der Waals surface area contributed by atoms with Gasteiger partial charge in [-0.3, -0.25) is 8.90 Å². The number of nitrogens with zero attached hydrogens (tertiary/aromatic N) is 3. The van der Waals surface area contributed by atoms with Crippen LogP contribution in [0, 0.1) is 10.1 Å². The van der Waals surface area contributed by atoms with E-state index in [4.69, 9.17) is 0 Å². The minimum atomic E-state index is -3.25. The highest BCUT2D eigenvalue weighted by molar-refractivity contribution is 7.77. The van der Waals surface area contributed by atoms with Crippen molar-refractivity contribution < 1.29 is 9.49 Å². The average molecular weight is 313 g/mol. The van der Waals surface area contributed by atoms with E-state index in [1.807, 2.05) is 12.1 Å². The van der Waals surface area contributed by atoms with Gasteiger partial charge >= 0.3 is 5.82 Å². The SMILES string of the molecule is O=[N+]([O-])c1cn(P(=O)(c2ccccc2)c2ccccc2)cn1. The van der Waals surface area contributed by atoms with Crippen molar-refractivity contribution in [1.29, 1.82) is 0 Å². The number of aromatic nitrogens is 2. The van der Waals surface area contributed by atoms with Crippen molar-refractivity contribution in [2.24, 2.45) is 0 Å². The first-order chi connectivity index (χ1) is 10.6. The van der Waals surface area contributed by atoms with Crippen LogP contribution < -0.4 is 10.6 Å². The Balaban J connectivity index is 2.24. The van der Waals surface area contributed by atoms with Crippen molar-refractivity contribution in [3.63, 3.8) is 0 Å². The molecule has 0 unspecified atom stereocenters. The van der Waals surface area contributed by atoms with Crippen LogP contribution in [0.5, 0.6) is 0 Å². The molecule has 6 nitrogen and oxygen atoms in total. The predicted octanol–water partition coefficient (Wildman–Crippen LogP) is 2.57. The third-order valence-corrected chi connectivity index (χ3v) is 6.15. The van der Waals surface area contributed by atoms with E-state index >= 15 is 0 Å². The minimum Gasteiger partial charge on any atom is -0.358 e. The second-order valence-electron chi connectivity index (χ2n) is 4.62. The summed E-state index contributed by atoms with van der Waals surface area (Å²) in [4.78, 5) is 14.0. The molecule has 22 heavy (non-hydrogen) atoms. The molecule has 0 bridgehead atoms. The van der Waals surface area contributed by atoms with Crippen LogP contribution >= 0.6 is 7.29 Å². The van der Waals surface area contributed by atoms with Crippen LogP contribution in [0.25, 0.3) is 0 Å². The van der Waals surface area contributed by atoms with E-state index in [1.54, 1.807) is 48.5 Å². The number of hydrogen-bond donors (Lipinski definition) is 0. The van der Waals surface area contributed by atoms with E-state index < -0.39 is 12.2 Å². The lowest BCUT2D eigenvalue weighted by atomic mass is 10.4. The van der Waals surface area contributed by atoms with E-state index in [2.05, 4.69) is 4.98 Å². The number of nitro groups is 1. The molecular formula is C15H12N3O3P. The Hall–Kier alpha value is -2.72. The molecule has 0 aliphatic carbocycles. The van der Waals surface area contributed by atoms with Crippen LogP contribution in [0.15, 0.2) is 73.2 Å². The quantitative estimate of drug-likeness (QED) is 0.421. The van der Waals surface area contributed by atoms with Crippen molar-refractivity contribution in [2.45, 2.75) is 0 Å². The molecule has 0 aliphatic heterocycles. The maximum Gasteiger partial charge on any atom is 0.381 e. The highest BCUT2D eigenvalue weighted by Gasteiger charge is 2.31. The van der Waals surface area contributed by atoms with Gasteiger partial charge in [-0.1, -0.05) is 36.4 Å². The van der Waals surface area contributed by atoms with Crippen LogP contribution in [0.2, 0.25) is 0 Å². The Morgan fingerprint density at radius 2 is 1.45 bits per heavy atom. The summed E-state index contributed by atoms with van der Waals surface area (Å²) in [5.74, 6) is -0.327. The molecule has 0 spiro atoms. The summed E-state index contributed by atoms with van der Waals surface area (Å²) in [5.41, 5.74) is 0. The molecule has 0 N–H and O–H groups in total. The Bertz CT molecular complexity index is 803. The van der Waals surface area contributed by atoms with Crippen LogP contribution in [0.3, 0.4) is 0 Å². The summed E-state index contributed by atoms with van der Waals surface area (Å²) in [6.45, 7) is 0. The largest absolute Gasteiger partial charge is 0.381 e. The van der Waals surface area contributed by atoms with Gasteiger partial charge in [0.05, 0.1) is 0 Å². The third-order valence-electron chi connectivity index (χ3n) is 3.28. The first-order valence-corrected chi connectivity index (χ1v) is 8.19. The monoisotopic (exact) mass is 313 g/mol. The van der Waals surface area contributed by atoms with Crippen LogP contribution in [-0.4, -0.2) is 14.2 Å². The molecular weight excluding hydrogens is 301 g/mol. The Morgan fingerprint density at radius 3 is 1.86 bits per heavy atom. The van der Waals surface area contributed by atoms with Crippen molar-refractivity contribution in [2.75, 3.05) is 0 Å². The zero-order valence-electron chi connectivity index (χ0n) is 11.4. The van der Waals surface area contributed by atoms with E-state index in [-0.39, 0.29) is 5.82 Å². The molecule has 0 fully saturated rings. The van der Waals surface area contributed by atoms with Crippen LogP contribution in [0.4, 0.5) is 5.82 Å². The zero-order chi connectivity index (χ0) is 15.6. The molecule has 0 amide bonds. The van der Waals surface area contributed by atoms with Gasteiger partial charge in [-0.15, -0.1) is 0 Å². The summed E-state index contributed by atoms with van der Waals surface area (Å²) in [5, 5.41) is 12.0. The van der Waals surface area contributed by atoms with Gasteiger partial charge in [-0.05, 0) is 34.2 Å². The second kappa shape index (κ2) is 5.58. The summed E-state index contributed by atoms with van der Waals surface area (Å²) >= 11 is 0. The van der Waals surface area contributed by atoms with E-state index in [9.17, 15) is 14.7 Å². The third kappa shape index (κ3) is 2.34. The van der Waals surface area contributed by atoms with Crippen molar-refractivity contribution >= 4 is 23.7 Å². The lowest BCUT2D eigenvalue weighted by molar-refractivity contribution is -0.389. The van der Waals surface area contributed by atoms with Crippen LogP contribution in [-0.2, 0) is 4.57 Å². The molecule has 1 aromatic heterocycles. The Morgan fingerprint density at radius 1 is 0.955 bits per heavy atom. The number of imidazole rings is 1. The normalized spacial score (nSPS) is 11.3. The van der Waals surface area contributed by atoms with Crippen molar-refractivity contribution in [3.8, 4) is 0 Å². The van der Waals surface area contributed by atoms with E-state index in [0.717, 1.165) is 0 Å². The molecule has 0 aliphatic rings. The average Bonchev–Trinajstić information content (AvgIpc) is 3.06. The molecule has 110 valence electrons. The smallest absolute Gasteiger partial charge is 0.358 e. The Labute approximate surface area is 126 Å². The minimum absolute atomic E-state index is 0.327. The van der Waals surface area contributed by atoms with Crippen molar-refractivity contribution in [1.82, 2.24) is 9.32 Å². The maximum atomic E-state index is 13.8. The fourth-order valence-corrected chi connectivity index (χ4v) is 4.67. The van der Waals surface area contributed by atoms with E-state index in [1.165, 1.54) is 16.9 Å². The standard InChI is InChI=1S/C15H12N3O3P/c19-18(20)15-11-17(12-16-15)22(21,13-7-3-1-4-8-13)14-9-5-2-6-10-14/h1-12H. The molecule has 0 saturated carbocycles. The Kier molecular flexibility index (Phi) is 3.61. The summed E-state index contributed by atoms with van der Waals surface area (Å²) in [6, 6.07) is 17.8. The van der Waals surface area contributed by atoms with Gasteiger partial charge in [0, 0.05) is 10.6 Å². The number of rotatable bonds is 4. The molecule has 0 saturated heterocycles. The van der Waals surface area contributed by atoms with Gasteiger partial charge < -0.3 is 10.1 Å². The number of hydrogen-bond acceptors (Lipinski definition) is 4. The fraction of sp³-hybridized carbons (Fsp3) is 0. The number of benzene rings is 2. The van der Waals surface area contributed by atoms with Gasteiger partial charge in [-0.2, -0.15) is 0 Å². The lowest BCUT2D eigenvalue weighted by Gasteiger charge is -2.19. The highest BCUT2D eigenvalue weighted by atomic mass is 31.2. The molecule has 2 aromatic carbocycles. The summed E-state index contributed by atoms with van der Waals surface area (Å²) < 4.78 is 15.1. The first kappa shape index (κ1) is 14.2. The van der Waals surface area contributed by atoms with Crippen LogP contribution in [0.1, 0.15) is 0 Å². The second-order valence-corrected chi connectivity index (χ2v) is 7.26. The molecule has 7 heteroatoms. The van der Waals surface area contributed by atoms with Gasteiger partial charge in [0.2, 0.25) is 13.6 Å². The van der Waals surface area contributed by atoms with Gasteiger partial charge in [0.15, 0.2) is 0 Å².